The molecule has 0 amide bonds. The fourth-order valence-corrected chi connectivity index (χ4v) is 4.79. The summed E-state index contributed by atoms with van der Waals surface area (Å²) in [5.74, 6) is -0.250. The molecule has 0 aromatic heterocycles. The molecule has 4 aromatic carbocycles. The van der Waals surface area contributed by atoms with E-state index < -0.39 is 11.8 Å². The molecular formula is C30H28FNO4. The first kappa shape index (κ1) is 23.8. The van der Waals surface area contributed by atoms with Crippen molar-refractivity contribution in [3.63, 3.8) is 0 Å². The molecule has 0 radical (unpaired) electrons. The van der Waals surface area contributed by atoms with Crippen LogP contribution in [0.3, 0.4) is 0 Å². The number of hydrogen-bond acceptors (Lipinski definition) is 5. The lowest BCUT2D eigenvalue weighted by Gasteiger charge is -2.33. The zero-order chi connectivity index (χ0) is 24.9. The normalized spacial score (nSPS) is 16.7. The SMILES string of the molecule is COC(=O)COc1ccc(C2CC(CNCc3cccc4ccccc34)Oc3ccccc32)cc1F. The molecule has 6 heteroatoms. The summed E-state index contributed by atoms with van der Waals surface area (Å²) >= 11 is 0. The largest absolute Gasteiger partial charge is 0.489 e. The van der Waals surface area contributed by atoms with Crippen LogP contribution >= 0.6 is 0 Å². The Balaban J connectivity index is 1.30. The van der Waals surface area contributed by atoms with E-state index in [9.17, 15) is 9.18 Å². The minimum Gasteiger partial charge on any atom is -0.489 e. The van der Waals surface area contributed by atoms with Crippen LogP contribution in [0.2, 0.25) is 0 Å². The Morgan fingerprint density at radius 1 is 1.03 bits per heavy atom. The molecule has 2 atom stereocenters. The van der Waals surface area contributed by atoms with Gasteiger partial charge in [0.05, 0.1) is 7.11 Å². The van der Waals surface area contributed by atoms with Crippen molar-refractivity contribution in [2.75, 3.05) is 20.3 Å². The predicted octanol–water partition coefficient (Wildman–Crippen LogP) is 5.60. The first-order chi connectivity index (χ1) is 17.6. The second-order valence-corrected chi connectivity index (χ2v) is 8.89. The maximum Gasteiger partial charge on any atom is 0.343 e. The van der Waals surface area contributed by atoms with Crippen molar-refractivity contribution < 1.29 is 23.4 Å². The van der Waals surface area contributed by atoms with Crippen molar-refractivity contribution >= 4 is 16.7 Å². The number of rotatable bonds is 8. The number of fused-ring (bicyclic) bond motifs is 2. The van der Waals surface area contributed by atoms with E-state index in [1.54, 1.807) is 6.07 Å². The number of ether oxygens (including phenoxy) is 3. The Morgan fingerprint density at radius 2 is 1.83 bits per heavy atom. The van der Waals surface area contributed by atoms with Crippen molar-refractivity contribution in [3.05, 3.63) is 107 Å². The van der Waals surface area contributed by atoms with Gasteiger partial charge in [0.15, 0.2) is 18.2 Å². The number of methoxy groups -OCH3 is 1. The first-order valence-corrected chi connectivity index (χ1v) is 12.0. The monoisotopic (exact) mass is 485 g/mol. The highest BCUT2D eigenvalue weighted by Gasteiger charge is 2.29. The van der Waals surface area contributed by atoms with E-state index in [1.807, 2.05) is 36.4 Å². The Bertz CT molecular complexity index is 1370. The average Bonchev–Trinajstić information content (AvgIpc) is 2.92. The van der Waals surface area contributed by atoms with Crippen LogP contribution < -0.4 is 14.8 Å². The highest BCUT2D eigenvalue weighted by Crippen LogP contribution is 2.41. The summed E-state index contributed by atoms with van der Waals surface area (Å²) < 4.78 is 31.0. The lowest BCUT2D eigenvalue weighted by atomic mass is 9.84. The van der Waals surface area contributed by atoms with E-state index in [2.05, 4.69) is 46.5 Å². The standard InChI is InChI=1S/C30H28FNO4/c1-34-30(33)19-35-29-14-13-21(15-27(29)31)26-16-23(36-28-12-5-4-11-25(26)28)18-32-17-22-9-6-8-20-7-2-3-10-24(20)22/h2-15,23,26,32H,16-19H2,1H3. The molecule has 1 N–H and O–H groups in total. The van der Waals surface area contributed by atoms with Gasteiger partial charge < -0.3 is 19.5 Å². The Labute approximate surface area is 209 Å². The number of para-hydroxylation sites is 1. The number of halogens is 1. The summed E-state index contributed by atoms with van der Waals surface area (Å²) in [6, 6.07) is 27.5. The van der Waals surface area contributed by atoms with Crippen LogP contribution in [0, 0.1) is 5.82 Å². The fraction of sp³-hybridized carbons (Fsp3) is 0.233. The quantitative estimate of drug-likeness (QED) is 0.329. The predicted molar refractivity (Wildman–Crippen MR) is 137 cm³/mol. The number of esters is 1. The van der Waals surface area contributed by atoms with Gasteiger partial charge in [0, 0.05) is 24.6 Å². The molecule has 1 heterocycles. The summed E-state index contributed by atoms with van der Waals surface area (Å²) in [7, 11) is 1.26. The zero-order valence-corrected chi connectivity index (χ0v) is 20.1. The van der Waals surface area contributed by atoms with Crippen molar-refractivity contribution in [2.24, 2.45) is 0 Å². The van der Waals surface area contributed by atoms with Gasteiger partial charge in [0.25, 0.3) is 0 Å². The van der Waals surface area contributed by atoms with Gasteiger partial charge >= 0.3 is 5.97 Å². The van der Waals surface area contributed by atoms with Crippen LogP contribution in [0.5, 0.6) is 11.5 Å². The van der Waals surface area contributed by atoms with Crippen LogP contribution in [0.15, 0.2) is 84.9 Å². The number of carbonyl (C=O) groups is 1. The smallest absolute Gasteiger partial charge is 0.343 e. The lowest BCUT2D eigenvalue weighted by molar-refractivity contribution is -0.142. The van der Waals surface area contributed by atoms with Crippen molar-refractivity contribution in [1.29, 1.82) is 0 Å². The first-order valence-electron chi connectivity index (χ1n) is 12.0. The van der Waals surface area contributed by atoms with Gasteiger partial charge in [-0.1, -0.05) is 66.7 Å². The Kier molecular flexibility index (Phi) is 7.14. The van der Waals surface area contributed by atoms with Crippen molar-refractivity contribution in [3.8, 4) is 11.5 Å². The molecular weight excluding hydrogens is 457 g/mol. The van der Waals surface area contributed by atoms with Gasteiger partial charge in [-0.25, -0.2) is 9.18 Å². The van der Waals surface area contributed by atoms with Gasteiger partial charge in [-0.15, -0.1) is 0 Å². The van der Waals surface area contributed by atoms with Gasteiger partial charge in [-0.05, 0) is 46.5 Å². The van der Waals surface area contributed by atoms with E-state index >= 15 is 0 Å². The van der Waals surface area contributed by atoms with Gasteiger partial charge in [-0.2, -0.15) is 0 Å². The molecule has 0 saturated heterocycles. The molecule has 1 aliphatic rings. The highest BCUT2D eigenvalue weighted by molar-refractivity contribution is 5.85. The molecule has 0 fully saturated rings. The average molecular weight is 486 g/mol. The molecule has 0 aliphatic carbocycles. The van der Waals surface area contributed by atoms with Crippen molar-refractivity contribution in [2.45, 2.75) is 25.0 Å². The van der Waals surface area contributed by atoms with Crippen LogP contribution in [0.4, 0.5) is 4.39 Å². The lowest BCUT2D eigenvalue weighted by Crippen LogP contribution is -2.35. The van der Waals surface area contributed by atoms with Crippen LogP contribution in [-0.4, -0.2) is 32.3 Å². The molecule has 0 saturated carbocycles. The third-order valence-electron chi connectivity index (χ3n) is 6.59. The maximum absolute atomic E-state index is 14.8. The number of hydrogen-bond donors (Lipinski definition) is 1. The highest BCUT2D eigenvalue weighted by atomic mass is 19.1. The zero-order valence-electron chi connectivity index (χ0n) is 20.1. The molecule has 5 rings (SSSR count). The summed E-state index contributed by atoms with van der Waals surface area (Å²) in [4.78, 5) is 11.3. The number of benzene rings is 4. The van der Waals surface area contributed by atoms with Gasteiger partial charge in [-0.3, -0.25) is 0 Å². The summed E-state index contributed by atoms with van der Waals surface area (Å²) in [5.41, 5.74) is 3.11. The molecule has 0 spiro atoms. The maximum atomic E-state index is 14.8. The topological polar surface area (TPSA) is 56.8 Å². The van der Waals surface area contributed by atoms with E-state index in [4.69, 9.17) is 9.47 Å². The van der Waals surface area contributed by atoms with Crippen LogP contribution in [-0.2, 0) is 16.1 Å². The van der Waals surface area contributed by atoms with Gasteiger partial charge in [0.1, 0.15) is 11.9 Å². The summed E-state index contributed by atoms with van der Waals surface area (Å²) in [5, 5.41) is 6.02. The second kappa shape index (κ2) is 10.8. The fourth-order valence-electron chi connectivity index (χ4n) is 4.79. The number of nitrogens with one attached hydrogen (secondary N) is 1. The summed E-state index contributed by atoms with van der Waals surface area (Å²) in [6.07, 6.45) is 0.639. The molecule has 0 bridgehead atoms. The molecule has 2 unspecified atom stereocenters. The van der Waals surface area contributed by atoms with E-state index in [-0.39, 0.29) is 24.4 Å². The molecule has 36 heavy (non-hydrogen) atoms. The van der Waals surface area contributed by atoms with Crippen LogP contribution in [0.25, 0.3) is 10.8 Å². The molecule has 4 aromatic rings. The molecule has 184 valence electrons. The van der Waals surface area contributed by atoms with Gasteiger partial charge in [0.2, 0.25) is 0 Å². The van der Waals surface area contributed by atoms with E-state index in [0.717, 1.165) is 23.4 Å². The minimum absolute atomic E-state index is 0.0246. The van der Waals surface area contributed by atoms with Crippen LogP contribution in [0.1, 0.15) is 29.0 Å². The van der Waals surface area contributed by atoms with E-state index in [1.165, 1.54) is 29.5 Å². The second-order valence-electron chi connectivity index (χ2n) is 8.89. The molecule has 1 aliphatic heterocycles. The third-order valence-corrected chi connectivity index (χ3v) is 6.59. The molecule has 5 nitrogen and oxygen atoms in total. The Hall–Kier alpha value is -3.90. The third kappa shape index (κ3) is 5.19. The van der Waals surface area contributed by atoms with Crippen molar-refractivity contribution in [1.82, 2.24) is 5.32 Å². The minimum atomic E-state index is -0.560. The summed E-state index contributed by atoms with van der Waals surface area (Å²) in [6.45, 7) is 1.06. The van der Waals surface area contributed by atoms with E-state index in [0.29, 0.717) is 13.0 Å². The number of carbonyl (C=O) groups excluding carboxylic acids is 1. The Morgan fingerprint density at radius 3 is 2.69 bits per heavy atom.